The van der Waals surface area contributed by atoms with Crippen molar-refractivity contribution >= 4 is 11.4 Å². The maximum absolute atomic E-state index is 2.56. The summed E-state index contributed by atoms with van der Waals surface area (Å²) in [6.07, 6.45) is 29.7. The highest BCUT2D eigenvalue weighted by molar-refractivity contribution is 5.92. The van der Waals surface area contributed by atoms with Crippen LogP contribution in [0, 0.1) is 17.3 Å². The quantitative estimate of drug-likeness (QED) is 0.202. The van der Waals surface area contributed by atoms with Gasteiger partial charge in [-0.1, -0.05) is 148 Å². The van der Waals surface area contributed by atoms with Crippen molar-refractivity contribution in [3.63, 3.8) is 0 Å². The van der Waals surface area contributed by atoms with Gasteiger partial charge in [0.1, 0.15) is 0 Å². The number of benzene rings is 4. The van der Waals surface area contributed by atoms with Crippen LogP contribution < -0.4 is 4.90 Å². The first-order valence-electron chi connectivity index (χ1n) is 19.7. The fourth-order valence-corrected chi connectivity index (χ4v) is 10.1. The van der Waals surface area contributed by atoms with Crippen LogP contribution in [0.15, 0.2) is 191 Å². The van der Waals surface area contributed by atoms with Crippen molar-refractivity contribution in [3.05, 3.63) is 203 Å². The molecule has 0 bridgehead atoms. The second kappa shape index (κ2) is 12.3. The van der Waals surface area contributed by atoms with Crippen molar-refractivity contribution < 1.29 is 0 Å². The number of hydrogen-bond donors (Lipinski definition) is 0. The number of allylic oxidation sites excluding steroid dienone is 15. The molecule has 1 nitrogen and oxygen atoms in total. The Morgan fingerprint density at radius 1 is 0.679 bits per heavy atom. The fraction of sp³-hybridized carbons (Fsp3) is 0.231. The van der Waals surface area contributed by atoms with E-state index in [-0.39, 0.29) is 10.8 Å². The SMILES string of the molecule is CC1C=CC(C2(C)C=CC(N(c3ccc(-c4ccccc4)cc3)c3ccc4c(c3)C3(C5=C(CCC=C5)C5=C3CC(C)C=C5)c3ccccc3-4)=CC2)=CC1. The van der Waals surface area contributed by atoms with Crippen LogP contribution in [-0.4, -0.2) is 0 Å². The zero-order chi connectivity index (χ0) is 35.7. The van der Waals surface area contributed by atoms with Crippen LogP contribution in [0.5, 0.6) is 0 Å². The summed E-state index contributed by atoms with van der Waals surface area (Å²) in [5, 5.41) is 0. The summed E-state index contributed by atoms with van der Waals surface area (Å²) in [6, 6.07) is 36.5. The molecule has 260 valence electrons. The standard InChI is InChI=1S/C52H47N/c1-35-17-22-39(23-18-35)51(3)31-29-41(30-32-51)53(40-24-20-38(21-25-40)37-11-5-4-6-12-37)42-26-28-46-44-14-8-10-16-48(44)52(50(46)34-42)47-15-9-7-13-43(47)45-27-19-36(2)33-49(45)52/h4-6,8-12,14-17,19-31,34-36H,7,13,18,32-33H2,1-3H3. The monoisotopic (exact) mass is 685 g/mol. The molecule has 0 heterocycles. The Hall–Kier alpha value is -5.40. The Labute approximate surface area is 315 Å². The minimum absolute atomic E-state index is 0.0132. The number of anilines is 2. The van der Waals surface area contributed by atoms with E-state index in [9.17, 15) is 0 Å². The molecule has 1 heteroatoms. The summed E-state index contributed by atoms with van der Waals surface area (Å²) in [5.74, 6) is 1.12. The molecule has 53 heavy (non-hydrogen) atoms. The van der Waals surface area contributed by atoms with Crippen LogP contribution in [0.1, 0.15) is 64.0 Å². The molecule has 0 aliphatic heterocycles. The van der Waals surface area contributed by atoms with Gasteiger partial charge >= 0.3 is 0 Å². The zero-order valence-corrected chi connectivity index (χ0v) is 31.1. The highest BCUT2D eigenvalue weighted by atomic mass is 15.1. The van der Waals surface area contributed by atoms with Crippen LogP contribution in [0.2, 0.25) is 0 Å². The van der Waals surface area contributed by atoms with Gasteiger partial charge in [-0.25, -0.2) is 0 Å². The van der Waals surface area contributed by atoms with Gasteiger partial charge in [-0.15, -0.1) is 0 Å². The Bertz CT molecular complexity index is 2400. The first-order chi connectivity index (χ1) is 25.9. The van der Waals surface area contributed by atoms with Crippen LogP contribution >= 0.6 is 0 Å². The molecule has 0 N–H and O–H groups in total. The molecule has 4 aromatic carbocycles. The molecule has 1 spiro atoms. The van der Waals surface area contributed by atoms with Gasteiger partial charge in [-0.2, -0.15) is 0 Å². The van der Waals surface area contributed by atoms with E-state index in [2.05, 4.69) is 183 Å². The normalized spacial score (nSPS) is 26.3. The van der Waals surface area contributed by atoms with E-state index in [1.807, 2.05) is 0 Å². The average Bonchev–Trinajstić information content (AvgIpc) is 3.66. The summed E-state index contributed by atoms with van der Waals surface area (Å²) in [7, 11) is 0. The van der Waals surface area contributed by atoms with Crippen LogP contribution in [0.25, 0.3) is 22.3 Å². The third-order valence-electron chi connectivity index (χ3n) is 12.9. The molecule has 4 unspecified atom stereocenters. The number of hydrogen-bond acceptors (Lipinski definition) is 1. The summed E-state index contributed by atoms with van der Waals surface area (Å²) in [5.41, 5.74) is 19.1. The molecule has 4 aromatic rings. The smallest absolute Gasteiger partial charge is 0.0686 e. The molecule has 0 aromatic heterocycles. The summed E-state index contributed by atoms with van der Waals surface area (Å²) >= 11 is 0. The van der Waals surface area contributed by atoms with E-state index < -0.39 is 0 Å². The largest absolute Gasteiger partial charge is 0.311 e. The van der Waals surface area contributed by atoms with Gasteiger partial charge in [0.05, 0.1) is 5.41 Å². The molecule has 0 saturated heterocycles. The molecule has 6 aliphatic carbocycles. The predicted octanol–water partition coefficient (Wildman–Crippen LogP) is 13.7. The van der Waals surface area contributed by atoms with E-state index in [4.69, 9.17) is 0 Å². The fourth-order valence-electron chi connectivity index (χ4n) is 10.1. The minimum Gasteiger partial charge on any atom is -0.311 e. The van der Waals surface area contributed by atoms with Gasteiger partial charge in [0.25, 0.3) is 0 Å². The Morgan fingerprint density at radius 2 is 1.43 bits per heavy atom. The topological polar surface area (TPSA) is 3.24 Å². The maximum atomic E-state index is 2.56. The van der Waals surface area contributed by atoms with Gasteiger partial charge in [0, 0.05) is 22.5 Å². The van der Waals surface area contributed by atoms with Crippen molar-refractivity contribution in [1.29, 1.82) is 0 Å². The van der Waals surface area contributed by atoms with Crippen molar-refractivity contribution in [2.45, 2.75) is 58.3 Å². The first kappa shape index (κ1) is 32.3. The summed E-state index contributed by atoms with van der Waals surface area (Å²) in [6.45, 7) is 7.08. The van der Waals surface area contributed by atoms with Crippen LogP contribution in [0.4, 0.5) is 11.4 Å². The predicted molar refractivity (Wildman–Crippen MR) is 223 cm³/mol. The highest BCUT2D eigenvalue weighted by Crippen LogP contribution is 2.65. The van der Waals surface area contributed by atoms with E-state index in [1.54, 1.807) is 11.1 Å². The molecule has 4 atom stereocenters. The Balaban J connectivity index is 1.14. The van der Waals surface area contributed by atoms with Crippen molar-refractivity contribution in [2.24, 2.45) is 17.3 Å². The van der Waals surface area contributed by atoms with Gasteiger partial charge in [-0.05, 0) is 136 Å². The highest BCUT2D eigenvalue weighted by Gasteiger charge is 2.54. The van der Waals surface area contributed by atoms with E-state index in [0.29, 0.717) is 11.8 Å². The molecule has 10 rings (SSSR count). The van der Waals surface area contributed by atoms with E-state index in [0.717, 1.165) is 32.1 Å². The lowest BCUT2D eigenvalue weighted by atomic mass is 9.66. The first-order valence-corrected chi connectivity index (χ1v) is 19.7. The van der Waals surface area contributed by atoms with E-state index >= 15 is 0 Å². The lowest BCUT2D eigenvalue weighted by molar-refractivity contribution is 0.517. The molecule has 6 aliphatic rings. The Morgan fingerprint density at radius 3 is 2.23 bits per heavy atom. The van der Waals surface area contributed by atoms with Gasteiger partial charge in [0.2, 0.25) is 0 Å². The maximum Gasteiger partial charge on any atom is 0.0686 e. The molecule has 0 radical (unpaired) electrons. The van der Waals surface area contributed by atoms with Crippen molar-refractivity contribution in [1.82, 2.24) is 0 Å². The lowest BCUT2D eigenvalue weighted by Gasteiger charge is -2.37. The van der Waals surface area contributed by atoms with Crippen molar-refractivity contribution in [2.75, 3.05) is 4.90 Å². The Kier molecular flexibility index (Phi) is 7.51. The van der Waals surface area contributed by atoms with Gasteiger partial charge in [-0.3, -0.25) is 0 Å². The number of rotatable bonds is 5. The van der Waals surface area contributed by atoms with Crippen LogP contribution in [0.3, 0.4) is 0 Å². The average molecular weight is 686 g/mol. The third-order valence-corrected chi connectivity index (χ3v) is 12.9. The summed E-state index contributed by atoms with van der Waals surface area (Å²) in [4.78, 5) is 2.51. The lowest BCUT2D eigenvalue weighted by Crippen LogP contribution is -2.30. The second-order valence-electron chi connectivity index (χ2n) is 16.4. The zero-order valence-electron chi connectivity index (χ0n) is 31.1. The van der Waals surface area contributed by atoms with Crippen molar-refractivity contribution in [3.8, 4) is 22.3 Å². The second-order valence-corrected chi connectivity index (χ2v) is 16.4. The molecular weight excluding hydrogens is 639 g/mol. The van der Waals surface area contributed by atoms with Gasteiger partial charge in [0.15, 0.2) is 0 Å². The summed E-state index contributed by atoms with van der Waals surface area (Å²) < 4.78 is 0. The third kappa shape index (κ3) is 4.97. The van der Waals surface area contributed by atoms with E-state index in [1.165, 1.54) is 67.2 Å². The van der Waals surface area contributed by atoms with Crippen LogP contribution in [-0.2, 0) is 5.41 Å². The number of fused-ring (bicyclic) bond motifs is 8. The molecule has 0 amide bonds. The van der Waals surface area contributed by atoms with Gasteiger partial charge < -0.3 is 4.90 Å². The molecule has 0 fully saturated rings. The molecule has 0 saturated carbocycles. The molecular formula is C52H47N. The number of nitrogens with zero attached hydrogens (tertiary/aromatic N) is 1. The minimum atomic E-state index is -0.266.